The second-order valence-corrected chi connectivity index (χ2v) is 5.89. The van der Waals surface area contributed by atoms with Crippen molar-refractivity contribution in [3.05, 3.63) is 35.4 Å². The highest BCUT2D eigenvalue weighted by atomic mass is 16.2. The number of ketones is 3. The molecule has 2 aliphatic rings. The molecule has 24 heavy (non-hydrogen) atoms. The molecule has 2 fully saturated rings. The molecule has 0 bridgehead atoms. The van der Waals surface area contributed by atoms with Gasteiger partial charge < -0.3 is 5.48 Å². The summed E-state index contributed by atoms with van der Waals surface area (Å²) in [6, 6.07) is 7.20. The number of carbonyl (C=O) groups is 4. The van der Waals surface area contributed by atoms with E-state index in [2.05, 4.69) is 5.43 Å². The minimum absolute atomic E-state index is 0. The van der Waals surface area contributed by atoms with Gasteiger partial charge in [0.2, 0.25) is 11.6 Å². The number of hydrazine groups is 1. The largest absolute Gasteiger partial charge is 0.412 e. The molecule has 1 aromatic carbocycles. The van der Waals surface area contributed by atoms with Gasteiger partial charge in [0.25, 0.3) is 11.7 Å². The molecule has 7 nitrogen and oxygen atoms in total. The lowest BCUT2D eigenvalue weighted by molar-refractivity contribution is -0.141. The topological polar surface area (TPSA) is 138 Å². The molecule has 0 spiro atoms. The quantitative estimate of drug-likeness (QED) is 0.329. The van der Waals surface area contributed by atoms with E-state index >= 15 is 0 Å². The van der Waals surface area contributed by atoms with Crippen molar-refractivity contribution in [2.45, 2.75) is 32.6 Å². The number of hydrogen-bond acceptors (Lipinski definition) is 5. The van der Waals surface area contributed by atoms with E-state index in [0.29, 0.717) is 5.56 Å². The molecule has 1 aromatic rings. The van der Waals surface area contributed by atoms with E-state index in [9.17, 15) is 19.2 Å². The number of amides is 1. The minimum Gasteiger partial charge on any atom is -0.412 e. The first-order chi connectivity index (χ1) is 11.0. The van der Waals surface area contributed by atoms with E-state index in [-0.39, 0.29) is 23.2 Å². The van der Waals surface area contributed by atoms with Crippen LogP contribution in [0.1, 0.15) is 41.6 Å². The zero-order valence-corrected chi connectivity index (χ0v) is 13.5. The Kier molecular flexibility index (Phi) is 6.94. The molecule has 2 atom stereocenters. The Labute approximate surface area is 139 Å². The number of nitrogens with one attached hydrogen (secondary N) is 1. The van der Waals surface area contributed by atoms with E-state index in [0.717, 1.165) is 31.2 Å². The number of aryl methyl sites for hydroxylation is 1. The summed E-state index contributed by atoms with van der Waals surface area (Å²) < 4.78 is 0. The van der Waals surface area contributed by atoms with E-state index < -0.39 is 17.3 Å². The summed E-state index contributed by atoms with van der Waals surface area (Å²) in [5, 5.41) is 0. The Morgan fingerprint density at radius 2 is 1.46 bits per heavy atom. The molecule has 2 saturated carbocycles. The summed E-state index contributed by atoms with van der Waals surface area (Å²) in [6.45, 7) is 1.96. The predicted molar refractivity (Wildman–Crippen MR) is 86.9 cm³/mol. The van der Waals surface area contributed by atoms with E-state index in [1.165, 1.54) is 0 Å². The number of rotatable bonds is 1. The molecule has 130 valence electrons. The van der Waals surface area contributed by atoms with E-state index in [4.69, 9.17) is 5.84 Å². The van der Waals surface area contributed by atoms with Crippen LogP contribution in [-0.2, 0) is 14.4 Å². The fourth-order valence-corrected chi connectivity index (χ4v) is 3.00. The van der Waals surface area contributed by atoms with E-state index in [1.54, 1.807) is 12.1 Å². The van der Waals surface area contributed by atoms with Crippen LogP contribution in [-0.4, -0.2) is 28.7 Å². The third-order valence-electron chi connectivity index (χ3n) is 4.33. The first kappa shape index (κ1) is 19.7. The van der Waals surface area contributed by atoms with Gasteiger partial charge in [-0.3, -0.25) is 24.6 Å². The Bertz CT molecular complexity index is 613. The van der Waals surface area contributed by atoms with Gasteiger partial charge in [-0.05, 0) is 31.9 Å². The van der Waals surface area contributed by atoms with Crippen LogP contribution in [0.2, 0.25) is 0 Å². The Balaban J connectivity index is 0.000000232. The lowest BCUT2D eigenvalue weighted by Gasteiger charge is -2.20. The molecule has 0 aromatic heterocycles. The van der Waals surface area contributed by atoms with Crippen LogP contribution in [0.15, 0.2) is 24.3 Å². The van der Waals surface area contributed by atoms with Gasteiger partial charge in [-0.2, -0.15) is 0 Å². The summed E-state index contributed by atoms with van der Waals surface area (Å²) in [6.07, 6.45) is 3.43. The van der Waals surface area contributed by atoms with Crippen molar-refractivity contribution in [1.82, 2.24) is 5.43 Å². The van der Waals surface area contributed by atoms with Gasteiger partial charge in [-0.1, -0.05) is 30.5 Å². The van der Waals surface area contributed by atoms with Gasteiger partial charge in [0.05, 0.1) is 0 Å². The smallest absolute Gasteiger partial charge is 0.265 e. The SMILES string of the molecule is Cc1ccc(C(=O)NN)cc1.O.O=C1C(=O)C2CCCCC2C1=O. The molecule has 3 rings (SSSR count). The van der Waals surface area contributed by atoms with Crippen LogP contribution in [0.3, 0.4) is 0 Å². The number of benzene rings is 1. The maximum Gasteiger partial charge on any atom is 0.265 e. The molecule has 1 amide bonds. The van der Waals surface area contributed by atoms with Crippen LogP contribution in [0.5, 0.6) is 0 Å². The third kappa shape index (κ3) is 4.12. The van der Waals surface area contributed by atoms with Crippen LogP contribution in [0.4, 0.5) is 0 Å². The van der Waals surface area contributed by atoms with E-state index in [1.807, 2.05) is 19.1 Å². The molecule has 2 aliphatic carbocycles. The Morgan fingerprint density at radius 3 is 1.88 bits per heavy atom. The summed E-state index contributed by atoms with van der Waals surface area (Å²) in [5.74, 6) is 2.58. The van der Waals surface area contributed by atoms with Crippen LogP contribution < -0.4 is 11.3 Å². The van der Waals surface area contributed by atoms with Gasteiger partial charge in [-0.15, -0.1) is 0 Å². The molecule has 7 heteroatoms. The number of nitrogens with two attached hydrogens (primary N) is 1. The molecule has 5 N–H and O–H groups in total. The summed E-state index contributed by atoms with van der Waals surface area (Å²) in [4.78, 5) is 44.2. The van der Waals surface area contributed by atoms with Crippen molar-refractivity contribution in [3.63, 3.8) is 0 Å². The third-order valence-corrected chi connectivity index (χ3v) is 4.33. The van der Waals surface area contributed by atoms with Crippen LogP contribution >= 0.6 is 0 Å². The first-order valence-electron chi connectivity index (χ1n) is 7.65. The maximum atomic E-state index is 11.2. The lowest BCUT2D eigenvalue weighted by atomic mass is 9.81. The van der Waals surface area contributed by atoms with Crippen molar-refractivity contribution in [2.75, 3.05) is 0 Å². The van der Waals surface area contributed by atoms with Gasteiger partial charge >= 0.3 is 0 Å². The van der Waals surface area contributed by atoms with Crippen LogP contribution in [0, 0.1) is 18.8 Å². The summed E-state index contributed by atoms with van der Waals surface area (Å²) in [7, 11) is 0. The number of carbonyl (C=O) groups excluding carboxylic acids is 4. The molecule has 0 heterocycles. The highest BCUT2D eigenvalue weighted by Crippen LogP contribution is 2.36. The number of fused-ring (bicyclic) bond motifs is 1. The van der Waals surface area contributed by atoms with Crippen LogP contribution in [0.25, 0.3) is 0 Å². The first-order valence-corrected chi connectivity index (χ1v) is 7.65. The van der Waals surface area contributed by atoms with Crippen molar-refractivity contribution in [1.29, 1.82) is 0 Å². The predicted octanol–water partition coefficient (Wildman–Crippen LogP) is 0.288. The standard InChI is InChI=1S/C9H10O3.C8H10N2O.H2O/c10-7-5-3-1-2-4-6(5)8(11)9(7)12;1-6-2-4-7(5-3-6)8(11)10-9;/h5-6H,1-4H2;2-5H,9H2,1H3,(H,10,11);1H2. The maximum absolute atomic E-state index is 11.2. The van der Waals surface area contributed by atoms with Crippen molar-refractivity contribution >= 4 is 23.3 Å². The molecule has 2 unspecified atom stereocenters. The normalized spacial score (nSPS) is 22.0. The summed E-state index contributed by atoms with van der Waals surface area (Å²) in [5.41, 5.74) is 3.77. The fraction of sp³-hybridized carbons (Fsp3) is 0.412. The van der Waals surface area contributed by atoms with Gasteiger partial charge in [0.15, 0.2) is 0 Å². The molecular formula is C17H22N2O5. The average Bonchev–Trinajstić information content (AvgIpc) is 2.80. The van der Waals surface area contributed by atoms with Crippen molar-refractivity contribution < 1.29 is 24.7 Å². The second kappa shape index (κ2) is 8.47. The lowest BCUT2D eigenvalue weighted by Crippen LogP contribution is -2.29. The van der Waals surface area contributed by atoms with Crippen molar-refractivity contribution in [3.8, 4) is 0 Å². The highest BCUT2D eigenvalue weighted by Gasteiger charge is 2.48. The second-order valence-electron chi connectivity index (χ2n) is 5.89. The number of hydrogen-bond donors (Lipinski definition) is 2. The molecule has 0 aliphatic heterocycles. The Morgan fingerprint density at radius 1 is 1.00 bits per heavy atom. The molecule has 0 saturated heterocycles. The number of nitrogen functional groups attached to an aromatic ring is 1. The monoisotopic (exact) mass is 334 g/mol. The Hall–Kier alpha value is -2.38. The molecular weight excluding hydrogens is 312 g/mol. The average molecular weight is 334 g/mol. The van der Waals surface area contributed by atoms with Gasteiger partial charge in [0, 0.05) is 17.4 Å². The fourth-order valence-electron chi connectivity index (χ4n) is 3.00. The van der Waals surface area contributed by atoms with Gasteiger partial charge in [0.1, 0.15) is 0 Å². The minimum atomic E-state index is -0.744. The highest BCUT2D eigenvalue weighted by molar-refractivity contribution is 6.68. The zero-order valence-electron chi connectivity index (χ0n) is 13.5. The van der Waals surface area contributed by atoms with Gasteiger partial charge in [-0.25, -0.2) is 5.84 Å². The zero-order chi connectivity index (χ0) is 17.0. The summed E-state index contributed by atoms with van der Waals surface area (Å²) >= 11 is 0. The van der Waals surface area contributed by atoms with Crippen molar-refractivity contribution in [2.24, 2.45) is 17.7 Å². The number of Topliss-reactive ketones (excluding diaryl/α,β-unsaturated/α-hetero) is 3. The molecule has 0 radical (unpaired) electrons.